The molecule has 24 heavy (non-hydrogen) atoms. The number of halogens is 1. The van der Waals surface area contributed by atoms with E-state index >= 15 is 0 Å². The van der Waals surface area contributed by atoms with Gasteiger partial charge in [0.25, 0.3) is 10.0 Å². The van der Waals surface area contributed by atoms with Gasteiger partial charge in [-0.2, -0.15) is 12.7 Å². The summed E-state index contributed by atoms with van der Waals surface area (Å²) in [5, 5.41) is 3.34. The molecule has 1 aromatic carbocycles. The van der Waals surface area contributed by atoms with Crippen LogP contribution in [0.15, 0.2) is 27.5 Å². The lowest BCUT2D eigenvalue weighted by atomic mass is 10.3. The van der Waals surface area contributed by atoms with E-state index in [1.54, 1.807) is 12.1 Å². The lowest BCUT2D eigenvalue weighted by Crippen LogP contribution is -2.50. The second kappa shape index (κ2) is 6.26. The van der Waals surface area contributed by atoms with Gasteiger partial charge in [0.15, 0.2) is 0 Å². The maximum absolute atomic E-state index is 12.3. The third-order valence-corrected chi connectivity index (χ3v) is 6.80. The van der Waals surface area contributed by atoms with Crippen molar-refractivity contribution in [3.63, 3.8) is 0 Å². The van der Waals surface area contributed by atoms with Crippen molar-refractivity contribution in [2.45, 2.75) is 4.90 Å². The number of rotatable bonds is 3. The first-order chi connectivity index (χ1) is 11.1. The van der Waals surface area contributed by atoms with Crippen LogP contribution in [0.3, 0.4) is 0 Å². The van der Waals surface area contributed by atoms with Gasteiger partial charge in [-0.3, -0.25) is 4.90 Å². The van der Waals surface area contributed by atoms with E-state index in [9.17, 15) is 16.8 Å². The van der Waals surface area contributed by atoms with Gasteiger partial charge >= 0.3 is 0 Å². The average Bonchev–Trinajstić information content (AvgIpc) is 2.47. The number of nitrogens with zero attached hydrogens (tertiary/aromatic N) is 3. The summed E-state index contributed by atoms with van der Waals surface area (Å²) in [7, 11) is -6.98. The zero-order valence-electron chi connectivity index (χ0n) is 12.9. The van der Waals surface area contributed by atoms with Crippen molar-refractivity contribution in [3.05, 3.63) is 23.2 Å². The Morgan fingerprint density at radius 2 is 1.92 bits per heavy atom. The molecule has 0 amide bonds. The fourth-order valence-corrected chi connectivity index (χ4v) is 4.91. The van der Waals surface area contributed by atoms with E-state index in [-0.39, 0.29) is 4.90 Å². The van der Waals surface area contributed by atoms with Gasteiger partial charge in [-0.15, -0.1) is 4.40 Å². The van der Waals surface area contributed by atoms with Gasteiger partial charge in [-0.25, -0.2) is 8.42 Å². The summed E-state index contributed by atoms with van der Waals surface area (Å²) in [6.07, 6.45) is 1.18. The molecule has 3 rings (SSSR count). The number of benzene rings is 1. The molecule has 8 nitrogen and oxygen atoms in total. The van der Waals surface area contributed by atoms with Gasteiger partial charge in [-0.1, -0.05) is 11.6 Å². The van der Waals surface area contributed by atoms with Crippen molar-refractivity contribution in [1.29, 1.82) is 0 Å². The van der Waals surface area contributed by atoms with E-state index in [0.717, 1.165) is 0 Å². The Hall–Kier alpha value is -1.20. The minimum absolute atomic E-state index is 0.0562. The number of fused-ring (bicyclic) bond motifs is 1. The lowest BCUT2D eigenvalue weighted by molar-refractivity contribution is 0.210. The van der Waals surface area contributed by atoms with Crippen molar-refractivity contribution in [1.82, 2.24) is 9.21 Å². The molecule has 132 valence electrons. The summed E-state index contributed by atoms with van der Waals surface area (Å²) >= 11 is 5.84. The Bertz CT molecular complexity index is 891. The molecule has 1 aromatic rings. The molecule has 0 spiro atoms. The molecular formula is C13H17ClN4O4S2. The Balaban J connectivity index is 1.72. The van der Waals surface area contributed by atoms with Crippen molar-refractivity contribution in [2.75, 3.05) is 44.3 Å². The highest BCUT2D eigenvalue weighted by atomic mass is 35.5. The molecule has 0 bridgehead atoms. The summed E-state index contributed by atoms with van der Waals surface area (Å²) in [5.41, 5.74) is 0.444. The van der Waals surface area contributed by atoms with E-state index < -0.39 is 20.0 Å². The fraction of sp³-hybridized carbons (Fsp3) is 0.462. The van der Waals surface area contributed by atoms with Crippen LogP contribution >= 0.6 is 11.6 Å². The molecule has 11 heteroatoms. The van der Waals surface area contributed by atoms with Crippen LogP contribution in [-0.4, -0.2) is 70.9 Å². The van der Waals surface area contributed by atoms with E-state index in [1.807, 2.05) is 4.90 Å². The smallest absolute Gasteiger partial charge is 0.286 e. The lowest BCUT2D eigenvalue weighted by Gasteiger charge is -2.33. The van der Waals surface area contributed by atoms with Crippen LogP contribution in [0.5, 0.6) is 0 Å². The largest absolute Gasteiger partial charge is 0.341 e. The minimum atomic E-state index is -3.79. The Morgan fingerprint density at radius 1 is 1.25 bits per heavy atom. The van der Waals surface area contributed by atoms with Crippen molar-refractivity contribution >= 4 is 43.2 Å². The SMILES string of the molecule is CS(=O)(=O)N1CCN(CC2=NS(=O)(=O)c3cc(Cl)ccc3N2)CC1. The monoisotopic (exact) mass is 392 g/mol. The van der Waals surface area contributed by atoms with Crippen LogP contribution in [0.4, 0.5) is 5.69 Å². The van der Waals surface area contributed by atoms with Gasteiger partial charge in [-0.05, 0) is 18.2 Å². The first-order valence-electron chi connectivity index (χ1n) is 7.23. The van der Waals surface area contributed by atoms with Gasteiger partial charge in [0, 0.05) is 31.2 Å². The molecule has 0 aliphatic carbocycles. The van der Waals surface area contributed by atoms with Crippen molar-refractivity contribution in [2.24, 2.45) is 4.40 Å². The first-order valence-corrected chi connectivity index (χ1v) is 10.9. The molecule has 1 N–H and O–H groups in total. The van der Waals surface area contributed by atoms with Crippen LogP contribution in [0, 0.1) is 0 Å². The number of hydrogen-bond acceptors (Lipinski definition) is 6. The van der Waals surface area contributed by atoms with E-state index in [2.05, 4.69) is 9.71 Å². The van der Waals surface area contributed by atoms with Gasteiger partial charge in [0.05, 0.1) is 18.5 Å². The summed E-state index contributed by atoms with van der Waals surface area (Å²) in [6.45, 7) is 2.09. The van der Waals surface area contributed by atoms with Gasteiger partial charge in [0.2, 0.25) is 10.0 Å². The van der Waals surface area contributed by atoms with Crippen molar-refractivity contribution in [3.8, 4) is 0 Å². The van der Waals surface area contributed by atoms with Crippen LogP contribution in [0.1, 0.15) is 0 Å². The predicted molar refractivity (Wildman–Crippen MR) is 92.6 cm³/mol. The summed E-state index contributed by atoms with van der Waals surface area (Å²) in [6, 6.07) is 4.58. The topological polar surface area (TPSA) is 99.2 Å². The maximum Gasteiger partial charge on any atom is 0.286 e. The molecule has 1 saturated heterocycles. The van der Waals surface area contributed by atoms with E-state index in [4.69, 9.17) is 11.6 Å². The average molecular weight is 393 g/mol. The summed E-state index contributed by atoms with van der Waals surface area (Å²) < 4.78 is 52.8. The van der Waals surface area contributed by atoms with Crippen LogP contribution in [0.25, 0.3) is 0 Å². The number of piperazine rings is 1. The Labute approximate surface area is 146 Å². The Morgan fingerprint density at radius 3 is 2.54 bits per heavy atom. The minimum Gasteiger partial charge on any atom is -0.341 e. The highest BCUT2D eigenvalue weighted by Crippen LogP contribution is 2.29. The molecule has 0 unspecified atom stereocenters. The van der Waals surface area contributed by atoms with Crippen LogP contribution in [0.2, 0.25) is 5.02 Å². The molecule has 2 aliphatic heterocycles. The molecule has 0 radical (unpaired) electrons. The normalized spacial score (nSPS) is 21.7. The van der Waals surface area contributed by atoms with Gasteiger partial charge < -0.3 is 5.32 Å². The maximum atomic E-state index is 12.3. The summed E-state index contributed by atoms with van der Waals surface area (Å²) in [5.74, 6) is 0.317. The van der Waals surface area contributed by atoms with E-state index in [0.29, 0.717) is 49.3 Å². The second-order valence-corrected chi connectivity index (χ2v) is 9.71. The first kappa shape index (κ1) is 17.6. The van der Waals surface area contributed by atoms with E-state index in [1.165, 1.54) is 16.6 Å². The number of sulfonamides is 2. The third-order valence-electron chi connectivity index (χ3n) is 3.90. The molecule has 0 saturated carbocycles. The number of nitrogens with one attached hydrogen (secondary N) is 1. The predicted octanol–water partition coefficient (Wildman–Crippen LogP) is 0.430. The number of hydrogen-bond donors (Lipinski definition) is 1. The number of anilines is 1. The molecule has 1 fully saturated rings. The fourth-order valence-electron chi connectivity index (χ4n) is 2.68. The molecule has 0 atom stereocenters. The zero-order valence-corrected chi connectivity index (χ0v) is 15.3. The molecule has 2 aliphatic rings. The van der Waals surface area contributed by atoms with Crippen LogP contribution in [-0.2, 0) is 20.0 Å². The Kier molecular flexibility index (Phi) is 4.60. The quantitative estimate of drug-likeness (QED) is 0.800. The molecule has 2 heterocycles. The second-order valence-electron chi connectivity index (χ2n) is 5.72. The third kappa shape index (κ3) is 3.72. The number of amidine groups is 1. The molecular weight excluding hydrogens is 376 g/mol. The standard InChI is InChI=1S/C13H17ClN4O4S2/c1-23(19,20)18-6-4-17(5-7-18)9-13-15-11-3-2-10(14)8-12(11)24(21,22)16-13/h2-3,8H,4-7,9H2,1H3,(H,15,16). The van der Waals surface area contributed by atoms with Crippen molar-refractivity contribution < 1.29 is 16.8 Å². The highest BCUT2D eigenvalue weighted by Gasteiger charge is 2.28. The zero-order chi connectivity index (χ0) is 17.5. The molecule has 0 aromatic heterocycles. The van der Waals surface area contributed by atoms with Gasteiger partial charge in [0.1, 0.15) is 10.7 Å². The highest BCUT2D eigenvalue weighted by molar-refractivity contribution is 7.90. The summed E-state index contributed by atoms with van der Waals surface area (Å²) in [4.78, 5) is 2.02. The van der Waals surface area contributed by atoms with Crippen LogP contribution < -0.4 is 5.32 Å².